The largest absolute Gasteiger partial charge is 0.499 e. The van der Waals surface area contributed by atoms with E-state index in [1.54, 1.807) is 0 Å². The molecule has 0 bridgehead atoms. The van der Waals surface area contributed by atoms with Crippen molar-refractivity contribution in [3.63, 3.8) is 0 Å². The van der Waals surface area contributed by atoms with Crippen molar-refractivity contribution in [3.8, 4) is 5.75 Å². The maximum absolute atomic E-state index is 13.1. The van der Waals surface area contributed by atoms with Crippen molar-refractivity contribution in [1.82, 2.24) is 0 Å². The van der Waals surface area contributed by atoms with E-state index in [0.717, 1.165) is 12.1 Å². The van der Waals surface area contributed by atoms with Crippen LogP contribution in [-0.2, 0) is 6.18 Å². The topological polar surface area (TPSA) is 108 Å². The smallest absolute Gasteiger partial charge is 0.426 e. The van der Waals surface area contributed by atoms with Gasteiger partial charge >= 0.3 is 29.8 Å². The van der Waals surface area contributed by atoms with E-state index in [1.807, 2.05) is 0 Å². The van der Waals surface area contributed by atoms with Crippen LogP contribution < -0.4 is 10.1 Å². The number of ether oxygens (including phenoxy) is 1. The predicted molar refractivity (Wildman–Crippen MR) is 93.8 cm³/mol. The number of halogens is 9. The molecule has 0 unspecified atom stereocenters. The molecule has 0 aliphatic carbocycles. The Morgan fingerprint density at radius 2 is 1.44 bits per heavy atom. The van der Waals surface area contributed by atoms with Gasteiger partial charge in [-0.15, -0.1) is 0 Å². The number of hydrogen-bond acceptors (Lipinski definition) is 6. The Kier molecular flexibility index (Phi) is 6.54. The minimum absolute atomic E-state index is 0.0286. The standard InChI is InChI=1S/C15H6BrF8N3O5/c16-10-8(13(17,18)19)5-9(26(28)29)11(12(10)27(30)31)25-6-1-3-7(4-2-6)32-15(23,24)14(20,21)22/h1-5,25H. The van der Waals surface area contributed by atoms with Gasteiger partial charge in [0.05, 0.1) is 15.4 Å². The Balaban J connectivity index is 2.52. The van der Waals surface area contributed by atoms with Gasteiger partial charge in [0.1, 0.15) is 10.2 Å². The summed E-state index contributed by atoms with van der Waals surface area (Å²) < 4.78 is 104. The third-order valence-electron chi connectivity index (χ3n) is 3.60. The fourth-order valence-electron chi connectivity index (χ4n) is 2.23. The molecule has 0 saturated heterocycles. The van der Waals surface area contributed by atoms with Gasteiger partial charge in [0, 0.05) is 11.8 Å². The van der Waals surface area contributed by atoms with E-state index in [1.165, 1.54) is 0 Å². The zero-order chi connectivity index (χ0) is 24.6. The van der Waals surface area contributed by atoms with Gasteiger partial charge in [-0.05, 0) is 40.2 Å². The van der Waals surface area contributed by atoms with E-state index in [4.69, 9.17) is 0 Å². The van der Waals surface area contributed by atoms with Gasteiger partial charge in [-0.1, -0.05) is 0 Å². The molecule has 0 radical (unpaired) electrons. The van der Waals surface area contributed by atoms with Crippen LogP contribution in [0.5, 0.6) is 5.75 Å². The summed E-state index contributed by atoms with van der Waals surface area (Å²) in [6, 6.07) is 2.67. The number of benzene rings is 2. The highest BCUT2D eigenvalue weighted by Crippen LogP contribution is 2.48. The first-order valence-electron chi connectivity index (χ1n) is 7.69. The number of nitro benzene ring substituents is 2. The van der Waals surface area contributed by atoms with Crippen LogP contribution in [0.4, 0.5) is 57.9 Å². The Labute approximate surface area is 179 Å². The normalized spacial score (nSPS) is 12.4. The quantitative estimate of drug-likeness (QED) is 0.253. The van der Waals surface area contributed by atoms with Crippen LogP contribution in [0.25, 0.3) is 0 Å². The first-order valence-corrected chi connectivity index (χ1v) is 8.48. The van der Waals surface area contributed by atoms with Crippen molar-refractivity contribution in [2.75, 3.05) is 5.32 Å². The molecular weight excluding hydrogens is 534 g/mol. The molecule has 0 amide bonds. The minimum Gasteiger partial charge on any atom is -0.426 e. The lowest BCUT2D eigenvalue weighted by atomic mass is 10.1. The van der Waals surface area contributed by atoms with Crippen LogP contribution in [-0.4, -0.2) is 22.1 Å². The molecule has 2 aromatic carbocycles. The summed E-state index contributed by atoms with van der Waals surface area (Å²) in [5.74, 6) is -0.990. The van der Waals surface area contributed by atoms with Crippen LogP contribution in [0.15, 0.2) is 34.8 Å². The molecule has 1 N–H and O–H groups in total. The first-order chi connectivity index (χ1) is 14.5. The van der Waals surface area contributed by atoms with Gasteiger partial charge in [0.25, 0.3) is 0 Å². The second-order valence-electron chi connectivity index (χ2n) is 5.76. The van der Waals surface area contributed by atoms with Crippen molar-refractivity contribution in [2.24, 2.45) is 0 Å². The Bertz CT molecular complexity index is 1060. The van der Waals surface area contributed by atoms with Crippen LogP contribution in [0.1, 0.15) is 5.56 Å². The predicted octanol–water partition coefficient (Wildman–Crippen LogP) is 6.56. The lowest BCUT2D eigenvalue weighted by Crippen LogP contribution is -2.41. The summed E-state index contributed by atoms with van der Waals surface area (Å²) in [6.45, 7) is 0. The highest BCUT2D eigenvalue weighted by Gasteiger charge is 2.61. The summed E-state index contributed by atoms with van der Waals surface area (Å²) in [5.41, 5.74) is -5.77. The molecule has 8 nitrogen and oxygen atoms in total. The van der Waals surface area contributed by atoms with Crippen molar-refractivity contribution >= 4 is 38.7 Å². The summed E-state index contributed by atoms with van der Waals surface area (Å²) >= 11 is 2.39. The second kappa shape index (κ2) is 8.36. The summed E-state index contributed by atoms with van der Waals surface area (Å²) in [6.07, 6.45) is -16.8. The van der Waals surface area contributed by atoms with Crippen molar-refractivity contribution in [3.05, 3.63) is 60.6 Å². The van der Waals surface area contributed by atoms with Gasteiger partial charge in [-0.3, -0.25) is 20.2 Å². The summed E-state index contributed by atoms with van der Waals surface area (Å²) in [4.78, 5) is 19.9. The maximum Gasteiger partial charge on any atom is 0.499 e. The fraction of sp³-hybridized carbons (Fsp3) is 0.200. The van der Waals surface area contributed by atoms with Gasteiger partial charge < -0.3 is 10.1 Å². The van der Waals surface area contributed by atoms with Crippen molar-refractivity contribution < 1.29 is 49.7 Å². The molecule has 174 valence electrons. The molecule has 2 rings (SSSR count). The molecule has 17 heteroatoms. The highest BCUT2D eigenvalue weighted by atomic mass is 79.9. The lowest BCUT2D eigenvalue weighted by Gasteiger charge is -2.20. The zero-order valence-corrected chi connectivity index (χ0v) is 16.3. The van der Waals surface area contributed by atoms with Crippen molar-refractivity contribution in [1.29, 1.82) is 0 Å². The molecule has 0 spiro atoms. The first kappa shape index (κ1) is 25.0. The summed E-state index contributed by atoms with van der Waals surface area (Å²) in [7, 11) is 0. The SMILES string of the molecule is O=[N+]([O-])c1cc(C(F)(F)F)c(Br)c([N+](=O)[O-])c1Nc1ccc(OC(F)(F)C(F)(F)F)cc1. The molecule has 32 heavy (non-hydrogen) atoms. The molecular formula is C15H6BrF8N3O5. The fourth-order valence-corrected chi connectivity index (χ4v) is 2.91. The minimum atomic E-state index is -6.03. The van der Waals surface area contributed by atoms with Crippen LogP contribution in [0.2, 0.25) is 0 Å². The second-order valence-corrected chi connectivity index (χ2v) is 6.55. The van der Waals surface area contributed by atoms with E-state index in [0.29, 0.717) is 12.1 Å². The van der Waals surface area contributed by atoms with Crippen LogP contribution >= 0.6 is 15.9 Å². The number of nitrogens with one attached hydrogen (secondary N) is 1. The highest BCUT2D eigenvalue weighted by molar-refractivity contribution is 9.10. The third-order valence-corrected chi connectivity index (χ3v) is 4.41. The Morgan fingerprint density at radius 3 is 1.84 bits per heavy atom. The lowest BCUT2D eigenvalue weighted by molar-refractivity contribution is -0.393. The molecule has 0 aliphatic heterocycles. The number of alkyl halides is 8. The number of anilines is 2. The van der Waals surface area contributed by atoms with E-state index in [2.05, 4.69) is 26.0 Å². The average Bonchev–Trinajstić information content (AvgIpc) is 2.60. The van der Waals surface area contributed by atoms with E-state index in [9.17, 15) is 55.4 Å². The monoisotopic (exact) mass is 539 g/mol. The van der Waals surface area contributed by atoms with Crippen LogP contribution in [0, 0.1) is 20.2 Å². The van der Waals surface area contributed by atoms with Crippen molar-refractivity contribution in [2.45, 2.75) is 18.5 Å². The van der Waals surface area contributed by atoms with Gasteiger partial charge in [-0.25, -0.2) is 0 Å². The Hall–Kier alpha value is -3.24. The van der Waals surface area contributed by atoms with E-state index >= 15 is 0 Å². The third kappa shape index (κ3) is 5.14. The number of nitrogens with zero attached hydrogens (tertiary/aromatic N) is 2. The zero-order valence-electron chi connectivity index (χ0n) is 14.7. The van der Waals surface area contributed by atoms with Gasteiger partial charge in [0.15, 0.2) is 5.69 Å². The van der Waals surface area contributed by atoms with E-state index < -0.39 is 61.2 Å². The van der Waals surface area contributed by atoms with Crippen LogP contribution in [0.3, 0.4) is 0 Å². The number of rotatable bonds is 6. The van der Waals surface area contributed by atoms with Gasteiger partial charge in [0.2, 0.25) is 0 Å². The van der Waals surface area contributed by atoms with E-state index in [-0.39, 0.29) is 11.8 Å². The molecule has 0 saturated carbocycles. The molecule has 0 aliphatic rings. The van der Waals surface area contributed by atoms with Gasteiger partial charge in [-0.2, -0.15) is 35.1 Å². The molecule has 0 atom stereocenters. The summed E-state index contributed by atoms with van der Waals surface area (Å²) in [5, 5.41) is 24.7. The number of hydrogen-bond donors (Lipinski definition) is 1. The number of nitro groups is 2. The Morgan fingerprint density at radius 1 is 0.906 bits per heavy atom. The molecule has 0 fully saturated rings. The molecule has 2 aromatic rings. The molecule has 0 heterocycles. The maximum atomic E-state index is 13.1. The average molecular weight is 540 g/mol. The molecule has 0 aromatic heterocycles.